The highest BCUT2D eigenvalue weighted by Gasteiger charge is 2.29. The molecule has 6 nitrogen and oxygen atoms in total. The average molecular weight is 372 g/mol. The van der Waals surface area contributed by atoms with Crippen LogP contribution in [0.3, 0.4) is 0 Å². The highest BCUT2D eigenvalue weighted by molar-refractivity contribution is 7.09. The Morgan fingerprint density at radius 1 is 1.08 bits per heavy atom. The summed E-state index contributed by atoms with van der Waals surface area (Å²) in [6, 6.07) is 2.51. The first-order chi connectivity index (χ1) is 12.8. The standard InChI is InChI=1S/C19H25N5OS/c25-17-11-13-3-1-2-4-16(13)22-24(17)15-9-7-14(8-10-15)20-19-21-18(23-26-19)12-5-6-12/h11-12,14-15H,1-10H2,(H,20,21,23). The fourth-order valence-corrected chi connectivity index (χ4v) is 5.00. The second-order valence-corrected chi connectivity index (χ2v) is 8.74. The minimum absolute atomic E-state index is 0.0836. The van der Waals surface area contributed by atoms with Gasteiger partial charge in [-0.1, -0.05) is 0 Å². The zero-order valence-electron chi connectivity index (χ0n) is 15.0. The molecule has 2 heterocycles. The van der Waals surface area contributed by atoms with E-state index < -0.39 is 0 Å². The SMILES string of the molecule is O=c1cc2c(nn1C1CCC(Nc3nc(C4CC4)ns3)CC1)CCCC2. The third-order valence-electron chi connectivity index (χ3n) is 5.99. The zero-order chi connectivity index (χ0) is 17.5. The summed E-state index contributed by atoms with van der Waals surface area (Å²) < 4.78 is 6.25. The Kier molecular flexibility index (Phi) is 4.27. The molecule has 2 aromatic rings. The number of fused-ring (bicyclic) bond motifs is 1. The molecule has 3 aliphatic carbocycles. The van der Waals surface area contributed by atoms with Crippen LogP contribution in [0.5, 0.6) is 0 Å². The fourth-order valence-electron chi connectivity index (χ4n) is 4.28. The molecule has 2 aromatic heterocycles. The average Bonchev–Trinajstić information content (AvgIpc) is 3.41. The van der Waals surface area contributed by atoms with Crippen LogP contribution in [0.1, 0.15) is 80.4 Å². The maximum absolute atomic E-state index is 12.5. The summed E-state index contributed by atoms with van der Waals surface area (Å²) in [5.74, 6) is 1.63. The number of aryl methyl sites for hydroxylation is 2. The predicted molar refractivity (Wildman–Crippen MR) is 102 cm³/mol. The molecule has 0 spiro atoms. The van der Waals surface area contributed by atoms with Crippen molar-refractivity contribution in [1.29, 1.82) is 0 Å². The van der Waals surface area contributed by atoms with E-state index in [4.69, 9.17) is 5.10 Å². The first-order valence-corrected chi connectivity index (χ1v) is 10.8. The Bertz CT molecular complexity index is 848. The maximum Gasteiger partial charge on any atom is 0.267 e. The molecule has 2 saturated carbocycles. The number of hydrogen-bond donors (Lipinski definition) is 1. The third-order valence-corrected chi connectivity index (χ3v) is 6.65. The zero-order valence-corrected chi connectivity index (χ0v) is 15.8. The topological polar surface area (TPSA) is 72.7 Å². The molecule has 0 unspecified atom stereocenters. The third kappa shape index (κ3) is 3.29. The van der Waals surface area contributed by atoms with E-state index in [1.807, 2.05) is 6.07 Å². The molecule has 2 fully saturated rings. The molecular formula is C19H25N5OS. The van der Waals surface area contributed by atoms with Crippen molar-refractivity contribution in [2.24, 2.45) is 0 Å². The summed E-state index contributed by atoms with van der Waals surface area (Å²) in [6.07, 6.45) is 11.0. The highest BCUT2D eigenvalue weighted by atomic mass is 32.1. The van der Waals surface area contributed by atoms with Gasteiger partial charge in [0.15, 0.2) is 0 Å². The van der Waals surface area contributed by atoms with Gasteiger partial charge in [-0.15, -0.1) is 0 Å². The van der Waals surface area contributed by atoms with Crippen LogP contribution in [0.4, 0.5) is 5.13 Å². The second kappa shape index (κ2) is 6.76. The van der Waals surface area contributed by atoms with Gasteiger partial charge in [0.1, 0.15) is 5.82 Å². The minimum atomic E-state index is 0.0836. The lowest BCUT2D eigenvalue weighted by molar-refractivity contribution is 0.300. The highest BCUT2D eigenvalue weighted by Crippen LogP contribution is 2.39. The smallest absolute Gasteiger partial charge is 0.267 e. The number of anilines is 1. The van der Waals surface area contributed by atoms with E-state index in [-0.39, 0.29) is 11.6 Å². The number of nitrogens with zero attached hydrogens (tertiary/aromatic N) is 4. The molecule has 138 valence electrons. The van der Waals surface area contributed by atoms with Crippen molar-refractivity contribution in [2.45, 2.75) is 82.2 Å². The molecule has 1 N–H and O–H groups in total. The molecule has 0 radical (unpaired) electrons. The van der Waals surface area contributed by atoms with Gasteiger partial charge < -0.3 is 5.32 Å². The van der Waals surface area contributed by atoms with Crippen LogP contribution in [-0.4, -0.2) is 25.2 Å². The number of rotatable bonds is 4. The molecule has 5 rings (SSSR count). The fraction of sp³-hybridized carbons (Fsp3) is 0.684. The molecule has 0 amide bonds. The Morgan fingerprint density at radius 2 is 1.88 bits per heavy atom. The van der Waals surface area contributed by atoms with Gasteiger partial charge in [0.25, 0.3) is 5.56 Å². The molecular weight excluding hydrogens is 346 g/mol. The molecule has 0 aromatic carbocycles. The minimum Gasteiger partial charge on any atom is -0.358 e. The van der Waals surface area contributed by atoms with E-state index in [0.29, 0.717) is 12.0 Å². The van der Waals surface area contributed by atoms with E-state index in [2.05, 4.69) is 14.7 Å². The Morgan fingerprint density at radius 3 is 2.69 bits per heavy atom. The van der Waals surface area contributed by atoms with Crippen molar-refractivity contribution in [2.75, 3.05) is 5.32 Å². The Labute approximate surface area is 157 Å². The lowest BCUT2D eigenvalue weighted by Gasteiger charge is -2.30. The lowest BCUT2D eigenvalue weighted by Crippen LogP contribution is -2.34. The van der Waals surface area contributed by atoms with Gasteiger partial charge in [-0.05, 0) is 69.8 Å². The first kappa shape index (κ1) is 16.4. The lowest BCUT2D eigenvalue weighted by atomic mass is 9.91. The van der Waals surface area contributed by atoms with Crippen molar-refractivity contribution in [3.63, 3.8) is 0 Å². The quantitative estimate of drug-likeness (QED) is 0.891. The summed E-state index contributed by atoms with van der Waals surface area (Å²) in [7, 11) is 0. The van der Waals surface area contributed by atoms with Crippen LogP contribution >= 0.6 is 11.5 Å². The van der Waals surface area contributed by atoms with Crippen molar-refractivity contribution in [3.05, 3.63) is 33.5 Å². The summed E-state index contributed by atoms with van der Waals surface area (Å²) in [5, 5.41) is 9.25. The van der Waals surface area contributed by atoms with E-state index in [1.165, 1.54) is 42.8 Å². The number of aromatic nitrogens is 4. The summed E-state index contributed by atoms with van der Waals surface area (Å²) >= 11 is 1.49. The van der Waals surface area contributed by atoms with E-state index in [1.54, 1.807) is 4.68 Å². The second-order valence-electron chi connectivity index (χ2n) is 7.99. The Balaban J connectivity index is 1.23. The molecule has 0 aliphatic heterocycles. The van der Waals surface area contributed by atoms with Crippen LogP contribution in [0, 0.1) is 0 Å². The molecule has 0 atom stereocenters. The van der Waals surface area contributed by atoms with Gasteiger partial charge in [-0.3, -0.25) is 4.79 Å². The van der Waals surface area contributed by atoms with Crippen molar-refractivity contribution >= 4 is 16.7 Å². The molecule has 3 aliphatic rings. The van der Waals surface area contributed by atoms with Crippen LogP contribution in [0.2, 0.25) is 0 Å². The van der Waals surface area contributed by atoms with E-state index >= 15 is 0 Å². The van der Waals surface area contributed by atoms with Gasteiger partial charge >= 0.3 is 0 Å². The monoisotopic (exact) mass is 371 g/mol. The van der Waals surface area contributed by atoms with Gasteiger partial charge in [0, 0.05) is 29.6 Å². The van der Waals surface area contributed by atoms with Crippen LogP contribution in [-0.2, 0) is 12.8 Å². The molecule has 7 heteroatoms. The van der Waals surface area contributed by atoms with Gasteiger partial charge in [-0.25, -0.2) is 9.67 Å². The van der Waals surface area contributed by atoms with Crippen LogP contribution < -0.4 is 10.9 Å². The molecule has 26 heavy (non-hydrogen) atoms. The molecule has 0 saturated heterocycles. The summed E-state index contributed by atoms with van der Waals surface area (Å²) in [5.41, 5.74) is 2.41. The van der Waals surface area contributed by atoms with Crippen LogP contribution in [0.15, 0.2) is 10.9 Å². The number of hydrogen-bond acceptors (Lipinski definition) is 6. The van der Waals surface area contributed by atoms with Gasteiger partial charge in [0.05, 0.1) is 11.7 Å². The predicted octanol–water partition coefficient (Wildman–Crippen LogP) is 3.45. The van der Waals surface area contributed by atoms with Crippen molar-refractivity contribution < 1.29 is 0 Å². The summed E-state index contributed by atoms with van der Waals surface area (Å²) in [4.78, 5) is 17.1. The van der Waals surface area contributed by atoms with E-state index in [9.17, 15) is 4.79 Å². The first-order valence-electron chi connectivity index (χ1n) is 9.98. The number of nitrogens with one attached hydrogen (secondary N) is 1. The normalized spacial score (nSPS) is 25.7. The summed E-state index contributed by atoms with van der Waals surface area (Å²) in [6.45, 7) is 0. The van der Waals surface area contributed by atoms with Gasteiger partial charge in [0.2, 0.25) is 5.13 Å². The van der Waals surface area contributed by atoms with E-state index in [0.717, 1.165) is 55.2 Å². The van der Waals surface area contributed by atoms with Crippen LogP contribution in [0.25, 0.3) is 0 Å². The molecule has 0 bridgehead atoms. The Hall–Kier alpha value is -1.76. The van der Waals surface area contributed by atoms with Crippen molar-refractivity contribution in [3.8, 4) is 0 Å². The largest absolute Gasteiger partial charge is 0.358 e. The van der Waals surface area contributed by atoms with Gasteiger partial charge in [-0.2, -0.15) is 9.47 Å². The maximum atomic E-state index is 12.5. The van der Waals surface area contributed by atoms with Crippen molar-refractivity contribution in [1.82, 2.24) is 19.1 Å².